The number of pyridine rings is 1. The molecule has 3 N–H and O–H groups in total. The summed E-state index contributed by atoms with van der Waals surface area (Å²) in [5.41, 5.74) is 6.92. The Morgan fingerprint density at radius 1 is 1.33 bits per heavy atom. The maximum absolute atomic E-state index is 12.0. The van der Waals surface area contributed by atoms with Gasteiger partial charge >= 0.3 is 0 Å². The van der Waals surface area contributed by atoms with Gasteiger partial charge in [-0.15, -0.1) is 0 Å². The van der Waals surface area contributed by atoms with E-state index < -0.39 is 0 Å². The van der Waals surface area contributed by atoms with E-state index in [0.717, 1.165) is 3.57 Å². The van der Waals surface area contributed by atoms with Gasteiger partial charge in [0.05, 0.1) is 17.4 Å². The number of nitrogens with two attached hydrogens (primary N) is 1. The average molecular weight is 374 g/mol. The molecule has 0 aliphatic carbocycles. The largest absolute Gasteiger partial charge is 0.397 e. The van der Waals surface area contributed by atoms with Gasteiger partial charge < -0.3 is 11.1 Å². The molecule has 0 aliphatic rings. The number of rotatable bonds is 2. The number of anilines is 2. The van der Waals surface area contributed by atoms with E-state index in [9.17, 15) is 4.79 Å². The Morgan fingerprint density at radius 2 is 2.00 bits per heavy atom. The minimum atomic E-state index is -0.332. The van der Waals surface area contributed by atoms with Gasteiger partial charge in [-0.05, 0) is 52.9 Å². The molecule has 2 rings (SSSR count). The van der Waals surface area contributed by atoms with Gasteiger partial charge in [-0.25, -0.2) is 4.98 Å². The number of hydrogen-bond acceptors (Lipinski definition) is 3. The molecule has 0 saturated heterocycles. The highest BCUT2D eigenvalue weighted by atomic mass is 127. The molecule has 0 bridgehead atoms. The number of nitrogens with one attached hydrogen (secondary N) is 1. The molecule has 1 heterocycles. The molecule has 0 radical (unpaired) electrons. The summed E-state index contributed by atoms with van der Waals surface area (Å²) in [6, 6.07) is 8.92. The van der Waals surface area contributed by atoms with E-state index in [-0.39, 0.29) is 16.6 Å². The minimum absolute atomic E-state index is 0.132. The van der Waals surface area contributed by atoms with Crippen molar-refractivity contribution in [1.82, 2.24) is 4.98 Å². The standard InChI is InChI=1S/C12H9ClIN3O/c13-11-10(5-8(15)6-16-11)12(18)17-9-3-1-7(14)2-4-9/h1-6H,15H2,(H,17,18). The molecule has 4 nitrogen and oxygen atoms in total. The maximum atomic E-state index is 12.0. The molecule has 0 fully saturated rings. The van der Waals surface area contributed by atoms with Crippen LogP contribution in [0.4, 0.5) is 11.4 Å². The van der Waals surface area contributed by atoms with Gasteiger partial charge in [0, 0.05) is 9.26 Å². The fourth-order valence-electron chi connectivity index (χ4n) is 1.36. The SMILES string of the molecule is Nc1cnc(Cl)c(C(=O)Nc2ccc(I)cc2)c1. The van der Waals surface area contributed by atoms with Crippen LogP contribution in [0.25, 0.3) is 0 Å². The third-order valence-corrected chi connectivity index (χ3v) is 3.23. The lowest BCUT2D eigenvalue weighted by Crippen LogP contribution is -2.13. The third kappa shape index (κ3) is 3.11. The van der Waals surface area contributed by atoms with Crippen LogP contribution in [-0.4, -0.2) is 10.9 Å². The van der Waals surface area contributed by atoms with Gasteiger partial charge in [-0.2, -0.15) is 0 Å². The molecular formula is C12H9ClIN3O. The van der Waals surface area contributed by atoms with Crippen LogP contribution < -0.4 is 11.1 Å². The van der Waals surface area contributed by atoms with Crippen LogP contribution in [0.3, 0.4) is 0 Å². The first kappa shape index (κ1) is 13.1. The second-order valence-electron chi connectivity index (χ2n) is 3.57. The topological polar surface area (TPSA) is 68.0 Å². The number of halogens is 2. The van der Waals surface area contributed by atoms with Gasteiger partial charge in [0.2, 0.25) is 0 Å². The summed E-state index contributed by atoms with van der Waals surface area (Å²) in [6.45, 7) is 0. The highest BCUT2D eigenvalue weighted by molar-refractivity contribution is 14.1. The maximum Gasteiger partial charge on any atom is 0.258 e. The van der Waals surface area contributed by atoms with Crippen LogP contribution in [0.1, 0.15) is 10.4 Å². The van der Waals surface area contributed by atoms with Crippen LogP contribution in [0.5, 0.6) is 0 Å². The lowest BCUT2D eigenvalue weighted by atomic mass is 10.2. The molecule has 0 atom stereocenters. The summed E-state index contributed by atoms with van der Waals surface area (Å²) in [5, 5.41) is 2.86. The zero-order chi connectivity index (χ0) is 13.1. The quantitative estimate of drug-likeness (QED) is 0.627. The van der Waals surface area contributed by atoms with Crippen molar-refractivity contribution in [2.75, 3.05) is 11.1 Å². The molecular weight excluding hydrogens is 365 g/mol. The Balaban J connectivity index is 2.21. The average Bonchev–Trinajstić information content (AvgIpc) is 2.35. The number of aromatic nitrogens is 1. The van der Waals surface area contributed by atoms with Crippen LogP contribution in [0.15, 0.2) is 36.5 Å². The van der Waals surface area contributed by atoms with Gasteiger partial charge in [0.1, 0.15) is 5.15 Å². The summed E-state index contributed by atoms with van der Waals surface area (Å²) >= 11 is 8.04. The monoisotopic (exact) mass is 373 g/mol. The number of amides is 1. The molecule has 1 aromatic heterocycles. The first-order valence-electron chi connectivity index (χ1n) is 5.04. The number of carbonyl (C=O) groups is 1. The van der Waals surface area contributed by atoms with Gasteiger partial charge in [0.15, 0.2) is 0 Å². The molecule has 18 heavy (non-hydrogen) atoms. The molecule has 2 aromatic rings. The molecule has 92 valence electrons. The van der Waals surface area contributed by atoms with E-state index in [2.05, 4.69) is 32.9 Å². The van der Waals surface area contributed by atoms with Gasteiger partial charge in [0.25, 0.3) is 5.91 Å². The van der Waals surface area contributed by atoms with Crippen molar-refractivity contribution in [3.63, 3.8) is 0 Å². The lowest BCUT2D eigenvalue weighted by molar-refractivity contribution is 0.102. The Morgan fingerprint density at radius 3 is 2.67 bits per heavy atom. The van der Waals surface area contributed by atoms with Crippen molar-refractivity contribution < 1.29 is 4.79 Å². The number of nitrogen functional groups attached to an aromatic ring is 1. The van der Waals surface area contributed by atoms with Crippen molar-refractivity contribution in [3.8, 4) is 0 Å². The zero-order valence-corrected chi connectivity index (χ0v) is 12.1. The summed E-state index contributed by atoms with van der Waals surface area (Å²) in [6.07, 6.45) is 1.41. The van der Waals surface area contributed by atoms with E-state index >= 15 is 0 Å². The highest BCUT2D eigenvalue weighted by Gasteiger charge is 2.12. The van der Waals surface area contributed by atoms with Crippen molar-refractivity contribution >= 4 is 51.5 Å². The van der Waals surface area contributed by atoms with Crippen molar-refractivity contribution in [3.05, 3.63) is 50.8 Å². The van der Waals surface area contributed by atoms with Crippen molar-refractivity contribution in [2.24, 2.45) is 0 Å². The Kier molecular flexibility index (Phi) is 4.03. The second-order valence-corrected chi connectivity index (χ2v) is 5.17. The number of benzene rings is 1. The fraction of sp³-hybridized carbons (Fsp3) is 0. The molecule has 6 heteroatoms. The summed E-state index contributed by atoms with van der Waals surface area (Å²) < 4.78 is 1.09. The fourth-order valence-corrected chi connectivity index (χ4v) is 1.90. The van der Waals surface area contributed by atoms with E-state index in [1.807, 2.05) is 24.3 Å². The normalized spacial score (nSPS) is 10.1. The predicted octanol–water partition coefficient (Wildman–Crippen LogP) is 3.17. The second kappa shape index (κ2) is 5.53. The highest BCUT2D eigenvalue weighted by Crippen LogP contribution is 2.18. The van der Waals surface area contributed by atoms with Crippen molar-refractivity contribution in [2.45, 2.75) is 0 Å². The van der Waals surface area contributed by atoms with Crippen LogP contribution in [0.2, 0.25) is 5.15 Å². The molecule has 0 aliphatic heterocycles. The van der Waals surface area contributed by atoms with Crippen LogP contribution in [-0.2, 0) is 0 Å². The number of nitrogens with zero attached hydrogens (tertiary/aromatic N) is 1. The molecule has 1 aromatic carbocycles. The molecule has 0 unspecified atom stereocenters. The van der Waals surface area contributed by atoms with E-state index in [1.54, 1.807) is 0 Å². The predicted molar refractivity (Wildman–Crippen MR) is 80.8 cm³/mol. The first-order chi connectivity index (χ1) is 8.56. The van der Waals surface area contributed by atoms with Gasteiger partial charge in [-0.1, -0.05) is 11.6 Å². The first-order valence-corrected chi connectivity index (χ1v) is 6.50. The van der Waals surface area contributed by atoms with E-state index in [1.165, 1.54) is 12.3 Å². The van der Waals surface area contributed by atoms with E-state index in [0.29, 0.717) is 11.4 Å². The lowest BCUT2D eigenvalue weighted by Gasteiger charge is -2.07. The van der Waals surface area contributed by atoms with E-state index in [4.69, 9.17) is 17.3 Å². The molecule has 0 saturated carbocycles. The summed E-state index contributed by atoms with van der Waals surface area (Å²) in [7, 11) is 0. The van der Waals surface area contributed by atoms with Crippen LogP contribution >= 0.6 is 34.2 Å². The molecule has 1 amide bonds. The van der Waals surface area contributed by atoms with Crippen LogP contribution in [0, 0.1) is 3.57 Å². The minimum Gasteiger partial charge on any atom is -0.397 e. The number of carbonyl (C=O) groups excluding carboxylic acids is 1. The third-order valence-electron chi connectivity index (χ3n) is 2.21. The smallest absolute Gasteiger partial charge is 0.258 e. The Hall–Kier alpha value is -1.34. The van der Waals surface area contributed by atoms with Crippen molar-refractivity contribution in [1.29, 1.82) is 0 Å². The Bertz CT molecular complexity index is 586. The molecule has 0 spiro atoms. The number of hydrogen-bond donors (Lipinski definition) is 2. The zero-order valence-electron chi connectivity index (χ0n) is 9.15. The summed E-state index contributed by atoms with van der Waals surface area (Å²) in [5.74, 6) is -0.332. The van der Waals surface area contributed by atoms with Gasteiger partial charge in [-0.3, -0.25) is 4.79 Å². The summed E-state index contributed by atoms with van der Waals surface area (Å²) in [4.78, 5) is 15.8. The Labute approximate surface area is 123 Å².